The summed E-state index contributed by atoms with van der Waals surface area (Å²) < 4.78 is 7.17. The monoisotopic (exact) mass is 404 g/mol. The maximum absolute atomic E-state index is 12.1. The summed E-state index contributed by atoms with van der Waals surface area (Å²) in [5.41, 5.74) is 5.63. The first kappa shape index (κ1) is 21.0. The number of aryl methyl sites for hydroxylation is 1. The van der Waals surface area contributed by atoms with Gasteiger partial charge >= 0.3 is 11.9 Å². The zero-order chi connectivity index (χ0) is 21.7. The number of hydrogen-bond acceptors (Lipinski definition) is 4. The third-order valence-corrected chi connectivity index (χ3v) is 4.79. The number of carbonyl (C=O) groups excluding carboxylic acids is 1. The van der Waals surface area contributed by atoms with Gasteiger partial charge in [0.1, 0.15) is 0 Å². The van der Waals surface area contributed by atoms with Gasteiger partial charge in [-0.25, -0.2) is 9.59 Å². The van der Waals surface area contributed by atoms with E-state index in [9.17, 15) is 9.59 Å². The molecule has 154 valence electrons. The molecule has 0 aliphatic heterocycles. The lowest BCUT2D eigenvalue weighted by Gasteiger charge is -2.11. The van der Waals surface area contributed by atoms with E-state index >= 15 is 0 Å². The van der Waals surface area contributed by atoms with Crippen molar-refractivity contribution in [3.63, 3.8) is 0 Å². The van der Waals surface area contributed by atoms with Crippen LogP contribution in [0.15, 0.2) is 59.6 Å². The predicted octanol–water partition coefficient (Wildman–Crippen LogP) is 4.59. The number of rotatable bonds is 7. The molecular formula is C24H24N2O4. The van der Waals surface area contributed by atoms with Crippen LogP contribution in [-0.2, 0) is 11.3 Å². The molecule has 6 heteroatoms. The van der Waals surface area contributed by atoms with Crippen molar-refractivity contribution in [2.45, 2.75) is 27.3 Å². The number of hydrogen-bond donors (Lipinski definition) is 1. The molecule has 0 amide bonds. The van der Waals surface area contributed by atoms with Crippen LogP contribution in [-0.4, -0.2) is 34.4 Å². The maximum Gasteiger partial charge on any atom is 0.338 e. The lowest BCUT2D eigenvalue weighted by Crippen LogP contribution is -2.06. The van der Waals surface area contributed by atoms with E-state index in [2.05, 4.69) is 9.56 Å². The van der Waals surface area contributed by atoms with E-state index in [4.69, 9.17) is 9.84 Å². The number of aliphatic imine (C=N–C) groups is 1. The van der Waals surface area contributed by atoms with Crippen molar-refractivity contribution in [1.29, 1.82) is 0 Å². The Labute approximate surface area is 175 Å². The van der Waals surface area contributed by atoms with Crippen molar-refractivity contribution in [2.75, 3.05) is 6.61 Å². The van der Waals surface area contributed by atoms with Gasteiger partial charge in [0.2, 0.25) is 0 Å². The van der Waals surface area contributed by atoms with Crippen LogP contribution in [0.5, 0.6) is 0 Å². The molecule has 1 N–H and O–H groups in total. The number of carbonyl (C=O) groups is 2. The average molecular weight is 404 g/mol. The minimum absolute atomic E-state index is 0.260. The summed E-state index contributed by atoms with van der Waals surface area (Å²) in [7, 11) is 0. The molecule has 2 aromatic carbocycles. The van der Waals surface area contributed by atoms with Crippen LogP contribution in [0.2, 0.25) is 0 Å². The Morgan fingerprint density at radius 3 is 2.47 bits per heavy atom. The van der Waals surface area contributed by atoms with Crippen LogP contribution in [0.3, 0.4) is 0 Å². The zero-order valence-corrected chi connectivity index (χ0v) is 17.3. The molecule has 0 radical (unpaired) electrons. The van der Waals surface area contributed by atoms with Gasteiger partial charge in [0, 0.05) is 28.9 Å². The Morgan fingerprint density at radius 2 is 1.80 bits per heavy atom. The fourth-order valence-corrected chi connectivity index (χ4v) is 3.30. The van der Waals surface area contributed by atoms with Gasteiger partial charge in [-0.2, -0.15) is 0 Å². The summed E-state index contributed by atoms with van der Waals surface area (Å²) in [5.74, 6) is -1.28. The SMILES string of the molecule is CCOC(=O)c1cccc(-n2c(C)cc(C=NCc3ccc(C(=O)O)cc3)c2C)c1. The summed E-state index contributed by atoms with van der Waals surface area (Å²) in [6, 6.07) is 16.1. The third-order valence-electron chi connectivity index (χ3n) is 4.79. The Morgan fingerprint density at radius 1 is 1.07 bits per heavy atom. The lowest BCUT2D eigenvalue weighted by atomic mass is 10.1. The van der Waals surface area contributed by atoms with Crippen LogP contribution in [0.4, 0.5) is 0 Å². The first-order valence-corrected chi connectivity index (χ1v) is 9.69. The molecule has 0 saturated heterocycles. The van der Waals surface area contributed by atoms with Gasteiger partial charge in [-0.3, -0.25) is 4.99 Å². The van der Waals surface area contributed by atoms with E-state index in [0.717, 1.165) is 28.2 Å². The van der Waals surface area contributed by atoms with E-state index < -0.39 is 5.97 Å². The smallest absolute Gasteiger partial charge is 0.338 e. The van der Waals surface area contributed by atoms with Crippen LogP contribution in [0, 0.1) is 13.8 Å². The standard InChI is InChI=1S/C24H24N2O4/c1-4-30-24(29)20-6-5-7-22(13-20)26-16(2)12-21(17(26)3)15-25-14-18-8-10-19(11-9-18)23(27)28/h5-13,15H,4,14H2,1-3H3,(H,27,28). The maximum atomic E-state index is 12.1. The van der Waals surface area contributed by atoms with Gasteiger partial charge in [0.15, 0.2) is 0 Å². The highest BCUT2D eigenvalue weighted by Gasteiger charge is 2.12. The number of esters is 1. The summed E-state index contributed by atoms with van der Waals surface area (Å²) in [6.45, 7) is 6.60. The highest BCUT2D eigenvalue weighted by Crippen LogP contribution is 2.21. The number of carboxylic acid groups (broad SMARTS) is 1. The van der Waals surface area contributed by atoms with E-state index in [-0.39, 0.29) is 11.5 Å². The average Bonchev–Trinajstić information content (AvgIpc) is 3.02. The van der Waals surface area contributed by atoms with Crippen LogP contribution in [0.25, 0.3) is 5.69 Å². The van der Waals surface area contributed by atoms with Crippen LogP contribution in [0.1, 0.15) is 50.2 Å². The highest BCUT2D eigenvalue weighted by molar-refractivity contribution is 5.90. The second-order valence-corrected chi connectivity index (χ2v) is 6.90. The topological polar surface area (TPSA) is 80.9 Å². The Balaban J connectivity index is 1.80. The van der Waals surface area contributed by atoms with E-state index in [1.165, 1.54) is 0 Å². The number of aromatic nitrogens is 1. The van der Waals surface area contributed by atoms with Gasteiger partial charge in [0.05, 0.1) is 24.3 Å². The van der Waals surface area contributed by atoms with Crippen LogP contribution < -0.4 is 0 Å². The molecule has 0 spiro atoms. The van der Waals surface area contributed by atoms with E-state index in [1.54, 1.807) is 37.3 Å². The number of nitrogens with zero attached hydrogens (tertiary/aromatic N) is 2. The molecule has 30 heavy (non-hydrogen) atoms. The van der Waals surface area contributed by atoms with Crippen molar-refractivity contribution < 1.29 is 19.4 Å². The van der Waals surface area contributed by atoms with Crippen LogP contribution >= 0.6 is 0 Å². The molecule has 3 aromatic rings. The normalized spacial score (nSPS) is 11.0. The number of benzene rings is 2. The van der Waals surface area contributed by atoms with Gasteiger partial charge in [-0.15, -0.1) is 0 Å². The first-order chi connectivity index (χ1) is 14.4. The van der Waals surface area contributed by atoms with Gasteiger partial charge in [-0.05, 0) is 62.7 Å². The Hall–Kier alpha value is -3.67. The van der Waals surface area contributed by atoms with Gasteiger partial charge in [0.25, 0.3) is 0 Å². The summed E-state index contributed by atoms with van der Waals surface area (Å²) >= 11 is 0. The minimum Gasteiger partial charge on any atom is -0.478 e. The van der Waals surface area contributed by atoms with Gasteiger partial charge < -0.3 is 14.4 Å². The predicted molar refractivity (Wildman–Crippen MR) is 116 cm³/mol. The fourth-order valence-electron chi connectivity index (χ4n) is 3.30. The number of carboxylic acids is 1. The van der Waals surface area contributed by atoms with E-state index in [1.807, 2.05) is 44.3 Å². The van der Waals surface area contributed by atoms with Crippen molar-refractivity contribution in [3.05, 3.63) is 88.2 Å². The molecule has 0 atom stereocenters. The van der Waals surface area contributed by atoms with Crippen molar-refractivity contribution in [1.82, 2.24) is 4.57 Å². The van der Waals surface area contributed by atoms with Crippen molar-refractivity contribution in [2.24, 2.45) is 4.99 Å². The fraction of sp³-hybridized carbons (Fsp3) is 0.208. The Bertz CT molecular complexity index is 1090. The quantitative estimate of drug-likeness (QED) is 0.461. The molecular weight excluding hydrogens is 380 g/mol. The number of ether oxygens (including phenoxy) is 1. The molecule has 0 aliphatic carbocycles. The zero-order valence-electron chi connectivity index (χ0n) is 17.3. The second kappa shape index (κ2) is 9.22. The third kappa shape index (κ3) is 4.66. The molecule has 0 bridgehead atoms. The molecule has 6 nitrogen and oxygen atoms in total. The number of aromatic carboxylic acids is 1. The molecule has 1 aromatic heterocycles. The highest BCUT2D eigenvalue weighted by atomic mass is 16.5. The molecule has 1 heterocycles. The summed E-state index contributed by atoms with van der Waals surface area (Å²) in [5, 5.41) is 8.97. The van der Waals surface area contributed by atoms with Crippen molar-refractivity contribution >= 4 is 18.2 Å². The second-order valence-electron chi connectivity index (χ2n) is 6.90. The van der Waals surface area contributed by atoms with Gasteiger partial charge in [-0.1, -0.05) is 18.2 Å². The molecule has 3 rings (SSSR count). The molecule has 0 unspecified atom stereocenters. The molecule has 0 aliphatic rings. The summed E-state index contributed by atoms with van der Waals surface area (Å²) in [4.78, 5) is 27.5. The first-order valence-electron chi connectivity index (χ1n) is 9.69. The summed E-state index contributed by atoms with van der Waals surface area (Å²) in [6.07, 6.45) is 1.82. The minimum atomic E-state index is -0.940. The van der Waals surface area contributed by atoms with Crippen molar-refractivity contribution in [3.8, 4) is 5.69 Å². The Kier molecular flexibility index (Phi) is 6.47. The molecule has 0 fully saturated rings. The molecule has 0 saturated carbocycles. The largest absolute Gasteiger partial charge is 0.478 e. The van der Waals surface area contributed by atoms with E-state index in [0.29, 0.717) is 18.7 Å². The lowest BCUT2D eigenvalue weighted by molar-refractivity contribution is 0.0525.